The largest absolute Gasteiger partial charge is 0.493 e. The molecule has 0 amide bonds. The number of aliphatic hydroxyl groups is 1. The summed E-state index contributed by atoms with van der Waals surface area (Å²) in [7, 11) is 0. The summed E-state index contributed by atoms with van der Waals surface area (Å²) < 4.78 is 19.1. The van der Waals surface area contributed by atoms with Crippen LogP contribution in [0.2, 0.25) is 10.0 Å². The zero-order chi connectivity index (χ0) is 15.2. The van der Waals surface area contributed by atoms with Crippen LogP contribution in [0.5, 0.6) is 5.75 Å². The summed E-state index contributed by atoms with van der Waals surface area (Å²) >= 11 is 11.8. The predicted octanol–water partition coefficient (Wildman–Crippen LogP) is 4.32. The lowest BCUT2D eigenvalue weighted by Crippen LogP contribution is -2.23. The maximum atomic E-state index is 13.7. The van der Waals surface area contributed by atoms with E-state index < -0.39 is 11.4 Å². The molecule has 1 aliphatic heterocycles. The molecule has 0 saturated heterocycles. The van der Waals surface area contributed by atoms with Crippen molar-refractivity contribution in [2.45, 2.75) is 18.9 Å². The monoisotopic (exact) mass is 326 g/mol. The van der Waals surface area contributed by atoms with Crippen molar-refractivity contribution in [2.75, 3.05) is 6.61 Å². The molecule has 1 heterocycles. The number of benzene rings is 2. The van der Waals surface area contributed by atoms with Crippen LogP contribution in [0.3, 0.4) is 0 Å². The Labute approximate surface area is 132 Å². The van der Waals surface area contributed by atoms with E-state index in [4.69, 9.17) is 27.9 Å². The molecule has 0 fully saturated rings. The van der Waals surface area contributed by atoms with E-state index in [1.807, 2.05) is 12.1 Å². The Morgan fingerprint density at radius 2 is 1.95 bits per heavy atom. The number of fused-ring (bicyclic) bond motifs is 1. The van der Waals surface area contributed by atoms with E-state index in [0.717, 1.165) is 17.7 Å². The van der Waals surface area contributed by atoms with Crippen LogP contribution in [-0.4, -0.2) is 11.7 Å². The molecule has 5 heteroatoms. The number of rotatable bonds is 2. The zero-order valence-electron chi connectivity index (χ0n) is 11.3. The van der Waals surface area contributed by atoms with E-state index in [2.05, 4.69) is 0 Å². The summed E-state index contributed by atoms with van der Waals surface area (Å²) in [6.07, 6.45) is 0.794. The highest BCUT2D eigenvalue weighted by molar-refractivity contribution is 6.35. The maximum Gasteiger partial charge on any atom is 0.142 e. The summed E-state index contributed by atoms with van der Waals surface area (Å²) in [5, 5.41) is 11.0. The molecule has 3 rings (SSSR count). The van der Waals surface area contributed by atoms with Gasteiger partial charge in [-0.3, -0.25) is 0 Å². The van der Waals surface area contributed by atoms with Gasteiger partial charge in [-0.05, 0) is 42.3 Å². The molecule has 1 unspecified atom stereocenters. The Balaban J connectivity index is 2.10. The Kier molecular flexibility index (Phi) is 3.60. The highest BCUT2D eigenvalue weighted by atomic mass is 35.5. The quantitative estimate of drug-likeness (QED) is 0.832. The number of hydrogen-bond donors (Lipinski definition) is 1. The van der Waals surface area contributed by atoms with E-state index in [1.165, 1.54) is 12.1 Å². The lowest BCUT2D eigenvalue weighted by molar-refractivity contribution is 0.102. The first-order valence-electron chi connectivity index (χ1n) is 6.53. The fourth-order valence-electron chi connectivity index (χ4n) is 2.54. The standard InChI is InChI=1S/C16H13Cl2FO2/c1-16(20,11-7-14(19)13(18)8-12(11)17)10-2-3-15-9(6-10)4-5-21-15/h2-3,6-8,20H,4-5H2,1H3. The van der Waals surface area contributed by atoms with Gasteiger partial charge in [-0.25, -0.2) is 4.39 Å². The molecule has 0 saturated carbocycles. The van der Waals surface area contributed by atoms with Crippen molar-refractivity contribution in [1.82, 2.24) is 0 Å². The molecule has 1 atom stereocenters. The first-order valence-corrected chi connectivity index (χ1v) is 7.29. The van der Waals surface area contributed by atoms with Crippen molar-refractivity contribution in [3.63, 3.8) is 0 Å². The Morgan fingerprint density at radius 1 is 1.19 bits per heavy atom. The number of hydrogen-bond acceptors (Lipinski definition) is 2. The van der Waals surface area contributed by atoms with E-state index in [-0.39, 0.29) is 15.6 Å². The smallest absolute Gasteiger partial charge is 0.142 e. The summed E-state index contributed by atoms with van der Waals surface area (Å²) in [5.41, 5.74) is 0.527. The minimum Gasteiger partial charge on any atom is -0.493 e. The number of halogens is 3. The molecule has 21 heavy (non-hydrogen) atoms. The summed E-state index contributed by atoms with van der Waals surface area (Å²) in [6, 6.07) is 7.91. The zero-order valence-corrected chi connectivity index (χ0v) is 12.8. The van der Waals surface area contributed by atoms with Crippen LogP contribution in [0.15, 0.2) is 30.3 Å². The third-order valence-electron chi connectivity index (χ3n) is 3.79. The van der Waals surface area contributed by atoms with Gasteiger partial charge in [0.2, 0.25) is 0 Å². The van der Waals surface area contributed by atoms with Gasteiger partial charge in [0, 0.05) is 17.0 Å². The van der Waals surface area contributed by atoms with E-state index in [1.54, 1.807) is 13.0 Å². The van der Waals surface area contributed by atoms with Crippen LogP contribution in [0, 0.1) is 5.82 Å². The molecule has 1 N–H and O–H groups in total. The fraction of sp³-hybridized carbons (Fsp3) is 0.250. The third-order valence-corrected chi connectivity index (χ3v) is 4.39. The Bertz CT molecular complexity index is 714. The second kappa shape index (κ2) is 5.16. The topological polar surface area (TPSA) is 29.5 Å². The van der Waals surface area contributed by atoms with Gasteiger partial charge >= 0.3 is 0 Å². The van der Waals surface area contributed by atoms with E-state index in [9.17, 15) is 9.50 Å². The first kappa shape index (κ1) is 14.6. The molecule has 0 bridgehead atoms. The van der Waals surface area contributed by atoms with Crippen molar-refractivity contribution in [3.8, 4) is 5.75 Å². The van der Waals surface area contributed by atoms with Crippen molar-refractivity contribution in [1.29, 1.82) is 0 Å². The third kappa shape index (κ3) is 2.50. The summed E-state index contributed by atoms with van der Waals surface area (Å²) in [6.45, 7) is 2.22. The normalized spacial score (nSPS) is 16.2. The molecule has 1 aliphatic rings. The van der Waals surface area contributed by atoms with Gasteiger partial charge in [-0.15, -0.1) is 0 Å². The van der Waals surface area contributed by atoms with Crippen molar-refractivity contribution in [2.24, 2.45) is 0 Å². The van der Waals surface area contributed by atoms with Crippen LogP contribution >= 0.6 is 23.2 Å². The molecule has 0 radical (unpaired) electrons. The molecular formula is C16H13Cl2FO2. The number of ether oxygens (including phenoxy) is 1. The Hall–Kier alpha value is -1.29. The van der Waals surface area contributed by atoms with Crippen LogP contribution in [-0.2, 0) is 12.0 Å². The van der Waals surface area contributed by atoms with Crippen molar-refractivity contribution < 1.29 is 14.2 Å². The molecular weight excluding hydrogens is 314 g/mol. The van der Waals surface area contributed by atoms with Crippen LogP contribution in [0.1, 0.15) is 23.6 Å². The second-order valence-corrected chi connectivity index (χ2v) is 6.05. The van der Waals surface area contributed by atoms with Gasteiger partial charge in [0.25, 0.3) is 0 Å². The van der Waals surface area contributed by atoms with E-state index >= 15 is 0 Å². The molecule has 2 nitrogen and oxygen atoms in total. The lowest BCUT2D eigenvalue weighted by Gasteiger charge is -2.26. The van der Waals surface area contributed by atoms with Gasteiger partial charge in [-0.1, -0.05) is 29.3 Å². The summed E-state index contributed by atoms with van der Waals surface area (Å²) in [4.78, 5) is 0. The van der Waals surface area contributed by atoms with Gasteiger partial charge in [-0.2, -0.15) is 0 Å². The minimum absolute atomic E-state index is 0.0677. The first-order chi connectivity index (χ1) is 9.89. The van der Waals surface area contributed by atoms with E-state index in [0.29, 0.717) is 12.2 Å². The highest BCUT2D eigenvalue weighted by Crippen LogP contribution is 2.38. The fourth-order valence-corrected chi connectivity index (χ4v) is 3.11. The van der Waals surface area contributed by atoms with Gasteiger partial charge in [0.05, 0.1) is 11.6 Å². The Morgan fingerprint density at radius 3 is 2.71 bits per heavy atom. The van der Waals surface area contributed by atoms with Gasteiger partial charge in [0.1, 0.15) is 17.2 Å². The van der Waals surface area contributed by atoms with Crippen LogP contribution in [0.25, 0.3) is 0 Å². The SMILES string of the molecule is CC(O)(c1ccc2c(c1)CCO2)c1cc(F)c(Cl)cc1Cl. The molecule has 110 valence electrons. The van der Waals surface area contributed by atoms with Gasteiger partial charge < -0.3 is 9.84 Å². The molecule has 0 aliphatic carbocycles. The van der Waals surface area contributed by atoms with Crippen molar-refractivity contribution in [3.05, 3.63) is 62.9 Å². The molecule has 0 spiro atoms. The van der Waals surface area contributed by atoms with Crippen LogP contribution in [0.4, 0.5) is 4.39 Å². The summed E-state index contributed by atoms with van der Waals surface area (Å²) in [5.74, 6) is 0.212. The second-order valence-electron chi connectivity index (χ2n) is 5.24. The molecule has 2 aromatic rings. The van der Waals surface area contributed by atoms with Gasteiger partial charge in [0.15, 0.2) is 0 Å². The van der Waals surface area contributed by atoms with Crippen molar-refractivity contribution >= 4 is 23.2 Å². The predicted molar refractivity (Wildman–Crippen MR) is 80.7 cm³/mol. The molecule has 0 aromatic heterocycles. The highest BCUT2D eigenvalue weighted by Gasteiger charge is 2.30. The minimum atomic E-state index is -1.42. The molecule has 2 aromatic carbocycles. The maximum absolute atomic E-state index is 13.7. The average molecular weight is 327 g/mol. The average Bonchev–Trinajstić information content (AvgIpc) is 2.90. The van der Waals surface area contributed by atoms with Crippen LogP contribution < -0.4 is 4.74 Å². The lowest BCUT2D eigenvalue weighted by atomic mass is 9.87.